The molecule has 466 valence electrons. The van der Waals surface area contributed by atoms with E-state index in [2.05, 4.69) is 81.5 Å². The molecule has 6 nitrogen and oxygen atoms in total. The van der Waals surface area contributed by atoms with Crippen molar-refractivity contribution in [3.8, 4) is 0 Å². The van der Waals surface area contributed by atoms with Gasteiger partial charge in [-0.3, -0.25) is 14.4 Å². The molecule has 0 aromatic rings. The zero-order valence-electron chi connectivity index (χ0n) is 53.6. The number of allylic oxidation sites excluding steroid dienone is 10. The van der Waals surface area contributed by atoms with Crippen molar-refractivity contribution in [3.05, 3.63) is 60.8 Å². The maximum atomic E-state index is 12.9. The van der Waals surface area contributed by atoms with Crippen LogP contribution < -0.4 is 0 Å². The minimum absolute atomic E-state index is 0.0746. The third-order valence-electron chi connectivity index (χ3n) is 15.7. The molecule has 0 aliphatic heterocycles. The predicted molar refractivity (Wildman–Crippen MR) is 348 cm³/mol. The fourth-order valence-electron chi connectivity index (χ4n) is 10.4. The van der Waals surface area contributed by atoms with E-state index in [1.807, 2.05) is 0 Å². The minimum atomic E-state index is -0.779. The summed E-state index contributed by atoms with van der Waals surface area (Å²) in [4.78, 5) is 38.3. The highest BCUT2D eigenvalue weighted by molar-refractivity contribution is 5.71. The van der Waals surface area contributed by atoms with Crippen LogP contribution in [0.5, 0.6) is 0 Å². The van der Waals surface area contributed by atoms with Crippen LogP contribution in [0.1, 0.15) is 374 Å². The first-order chi connectivity index (χ1) is 39.5. The highest BCUT2D eigenvalue weighted by atomic mass is 16.6. The molecule has 1 atom stereocenters. The minimum Gasteiger partial charge on any atom is -0.462 e. The van der Waals surface area contributed by atoms with E-state index in [-0.39, 0.29) is 31.1 Å². The Kier molecular flexibility index (Phi) is 66.1. The Morgan fingerprint density at radius 1 is 0.250 bits per heavy atom. The number of hydrogen-bond donors (Lipinski definition) is 0. The van der Waals surface area contributed by atoms with Gasteiger partial charge in [0.1, 0.15) is 13.2 Å². The van der Waals surface area contributed by atoms with Gasteiger partial charge in [-0.15, -0.1) is 0 Å². The van der Waals surface area contributed by atoms with E-state index in [1.54, 1.807) is 0 Å². The van der Waals surface area contributed by atoms with Gasteiger partial charge in [0.25, 0.3) is 0 Å². The van der Waals surface area contributed by atoms with E-state index >= 15 is 0 Å². The molecule has 0 aliphatic rings. The molecular weight excluding hydrogens is 985 g/mol. The van der Waals surface area contributed by atoms with E-state index in [0.717, 1.165) is 96.3 Å². The van der Waals surface area contributed by atoms with Crippen LogP contribution in [0.3, 0.4) is 0 Å². The quantitative estimate of drug-likeness (QED) is 0.0261. The summed E-state index contributed by atoms with van der Waals surface area (Å²) >= 11 is 0. The molecule has 0 aliphatic carbocycles. The van der Waals surface area contributed by atoms with Crippen LogP contribution in [0.2, 0.25) is 0 Å². The third-order valence-corrected chi connectivity index (χ3v) is 15.7. The van der Waals surface area contributed by atoms with Gasteiger partial charge in [0, 0.05) is 19.3 Å². The van der Waals surface area contributed by atoms with E-state index in [1.165, 1.54) is 238 Å². The van der Waals surface area contributed by atoms with Crippen LogP contribution in [-0.4, -0.2) is 37.2 Å². The molecule has 0 N–H and O–H groups in total. The summed E-state index contributed by atoms with van der Waals surface area (Å²) in [6, 6.07) is 0. The molecule has 80 heavy (non-hydrogen) atoms. The van der Waals surface area contributed by atoms with Gasteiger partial charge in [0.05, 0.1) is 0 Å². The Morgan fingerprint density at radius 2 is 0.450 bits per heavy atom. The zero-order valence-corrected chi connectivity index (χ0v) is 53.6. The van der Waals surface area contributed by atoms with Crippen LogP contribution in [0, 0.1) is 0 Å². The normalized spacial score (nSPS) is 12.4. The molecule has 1 unspecified atom stereocenters. The lowest BCUT2D eigenvalue weighted by Crippen LogP contribution is -2.30. The van der Waals surface area contributed by atoms with E-state index in [9.17, 15) is 14.4 Å². The fourth-order valence-corrected chi connectivity index (χ4v) is 10.4. The summed E-state index contributed by atoms with van der Waals surface area (Å²) in [5.74, 6) is -0.866. The average Bonchev–Trinajstić information content (AvgIpc) is 3.46. The van der Waals surface area contributed by atoms with Crippen molar-refractivity contribution in [2.24, 2.45) is 0 Å². The molecule has 0 radical (unpaired) electrons. The molecule has 0 spiro atoms. The fraction of sp³-hybridized carbons (Fsp3) is 0.824. The molecule has 0 heterocycles. The molecule has 0 saturated carbocycles. The number of hydrogen-bond acceptors (Lipinski definition) is 6. The SMILES string of the molecule is CCCCC/C=C\C/C=C\CCCCCCCC(=O)OC(COC(=O)CCCCCCCCCCCCCCCC)COC(=O)CCCCCCCCCCCCCCCCCCCC/C=C\C/C=C\C/C=C\CCCCCCC. The van der Waals surface area contributed by atoms with Crippen molar-refractivity contribution < 1.29 is 28.6 Å². The van der Waals surface area contributed by atoms with Gasteiger partial charge in [-0.1, -0.05) is 326 Å². The maximum Gasteiger partial charge on any atom is 0.306 e. The van der Waals surface area contributed by atoms with Gasteiger partial charge < -0.3 is 14.2 Å². The van der Waals surface area contributed by atoms with Crippen LogP contribution in [-0.2, 0) is 28.6 Å². The van der Waals surface area contributed by atoms with Crippen molar-refractivity contribution in [1.82, 2.24) is 0 Å². The number of esters is 3. The van der Waals surface area contributed by atoms with Crippen molar-refractivity contribution in [3.63, 3.8) is 0 Å². The van der Waals surface area contributed by atoms with Gasteiger partial charge in [-0.05, 0) is 89.9 Å². The predicted octanol–water partition coefficient (Wildman–Crippen LogP) is 24.3. The van der Waals surface area contributed by atoms with E-state index < -0.39 is 6.10 Å². The molecule has 0 saturated heterocycles. The number of ether oxygens (including phenoxy) is 3. The van der Waals surface area contributed by atoms with Crippen molar-refractivity contribution in [2.75, 3.05) is 13.2 Å². The second-order valence-electron chi connectivity index (χ2n) is 23.8. The molecule has 0 aromatic carbocycles. The number of unbranched alkanes of at least 4 members (excludes halogenated alkanes) is 44. The van der Waals surface area contributed by atoms with E-state index in [4.69, 9.17) is 14.2 Å². The van der Waals surface area contributed by atoms with Crippen LogP contribution in [0.4, 0.5) is 0 Å². The number of rotatable bonds is 65. The molecule has 0 amide bonds. The smallest absolute Gasteiger partial charge is 0.306 e. The summed E-state index contributed by atoms with van der Waals surface area (Å²) in [6.45, 7) is 6.64. The maximum absolute atomic E-state index is 12.9. The zero-order chi connectivity index (χ0) is 57.8. The molecule has 0 aromatic heterocycles. The lowest BCUT2D eigenvalue weighted by atomic mass is 10.0. The van der Waals surface area contributed by atoms with Gasteiger partial charge in [0.15, 0.2) is 6.10 Å². The summed E-state index contributed by atoms with van der Waals surface area (Å²) in [5.41, 5.74) is 0. The largest absolute Gasteiger partial charge is 0.462 e. The van der Waals surface area contributed by atoms with Crippen molar-refractivity contribution >= 4 is 17.9 Å². The summed E-state index contributed by atoms with van der Waals surface area (Å²) in [5, 5.41) is 0. The standard InChI is InChI=1S/C74H134O6/c1-4-7-10-13-16-19-22-25-28-29-30-31-32-33-34-35-36-37-38-39-40-41-42-43-44-45-47-49-52-55-58-61-64-67-73(76)79-70-71(69-78-72(75)66-63-60-57-54-51-48-27-24-21-18-15-12-9-6-3)80-74(77)68-65-62-59-56-53-50-46-26-23-20-17-14-11-8-5-2/h17,20,22,25-26,29-30,32-33,46,71H,4-16,18-19,21,23-24,27-28,31,34-45,47-70H2,1-3H3/b20-17-,25-22-,30-29-,33-32-,46-26-. The first kappa shape index (κ1) is 77.1. The van der Waals surface area contributed by atoms with Gasteiger partial charge in [-0.2, -0.15) is 0 Å². The first-order valence-electron chi connectivity index (χ1n) is 35.3. The average molecular weight is 1120 g/mol. The Morgan fingerprint density at radius 3 is 0.725 bits per heavy atom. The summed E-state index contributed by atoms with van der Waals surface area (Å²) in [7, 11) is 0. The van der Waals surface area contributed by atoms with E-state index in [0.29, 0.717) is 19.3 Å². The van der Waals surface area contributed by atoms with Crippen LogP contribution >= 0.6 is 0 Å². The number of carbonyl (C=O) groups is 3. The van der Waals surface area contributed by atoms with Gasteiger partial charge in [-0.25, -0.2) is 0 Å². The highest BCUT2D eigenvalue weighted by Gasteiger charge is 2.19. The summed E-state index contributed by atoms with van der Waals surface area (Å²) < 4.78 is 17.0. The van der Waals surface area contributed by atoms with Crippen LogP contribution in [0.15, 0.2) is 60.8 Å². The Balaban J connectivity index is 4.14. The number of carbonyl (C=O) groups excluding carboxylic acids is 3. The molecule has 0 rings (SSSR count). The Labute approximate surface area is 498 Å². The lowest BCUT2D eigenvalue weighted by molar-refractivity contribution is -0.167. The third kappa shape index (κ3) is 65.9. The van der Waals surface area contributed by atoms with Gasteiger partial charge >= 0.3 is 17.9 Å². The highest BCUT2D eigenvalue weighted by Crippen LogP contribution is 2.18. The topological polar surface area (TPSA) is 78.9 Å². The molecular formula is C74H134O6. The summed E-state index contributed by atoms with van der Waals surface area (Å²) in [6.07, 6.45) is 88.3. The molecule has 0 bridgehead atoms. The lowest BCUT2D eigenvalue weighted by Gasteiger charge is -2.18. The second-order valence-corrected chi connectivity index (χ2v) is 23.8. The van der Waals surface area contributed by atoms with Crippen molar-refractivity contribution in [1.29, 1.82) is 0 Å². The monoisotopic (exact) mass is 1120 g/mol. The second kappa shape index (κ2) is 68.6. The molecule has 6 heteroatoms. The van der Waals surface area contributed by atoms with Crippen LogP contribution in [0.25, 0.3) is 0 Å². The Bertz CT molecular complexity index is 1430. The van der Waals surface area contributed by atoms with Crippen molar-refractivity contribution in [2.45, 2.75) is 380 Å². The first-order valence-corrected chi connectivity index (χ1v) is 35.3. The van der Waals surface area contributed by atoms with Gasteiger partial charge in [0.2, 0.25) is 0 Å². The molecule has 0 fully saturated rings. The Hall–Kier alpha value is -2.89.